The van der Waals surface area contributed by atoms with Gasteiger partial charge in [-0.15, -0.1) is 0 Å². The molecule has 0 bridgehead atoms. The van der Waals surface area contributed by atoms with Crippen molar-refractivity contribution in [3.63, 3.8) is 0 Å². The summed E-state index contributed by atoms with van der Waals surface area (Å²) in [4.78, 5) is 12.5. The van der Waals surface area contributed by atoms with Gasteiger partial charge in [0.15, 0.2) is 0 Å². The van der Waals surface area contributed by atoms with Crippen molar-refractivity contribution in [1.29, 1.82) is 0 Å². The van der Waals surface area contributed by atoms with E-state index in [0.29, 0.717) is 35.0 Å². The maximum absolute atomic E-state index is 12.5. The molecule has 7 heteroatoms. The third-order valence-electron chi connectivity index (χ3n) is 5.46. The van der Waals surface area contributed by atoms with E-state index in [1.54, 1.807) is 31.4 Å². The molecule has 0 aromatic heterocycles. The zero-order valence-electron chi connectivity index (χ0n) is 19.8. The largest absolute Gasteiger partial charge is 0.496 e. The van der Waals surface area contributed by atoms with E-state index in [2.05, 4.69) is 22.7 Å². The SMILES string of the molecule is COc1cc(OC)c(/C=N/NC(=O)c2ccc(COc3ccc4ccccc4c3)cc2)c(OC)c1. The second-order valence-electron chi connectivity index (χ2n) is 7.64. The Hall–Kier alpha value is -4.52. The average Bonchev–Trinajstić information content (AvgIpc) is 2.91. The fourth-order valence-corrected chi connectivity index (χ4v) is 3.56. The minimum absolute atomic E-state index is 0.338. The summed E-state index contributed by atoms with van der Waals surface area (Å²) in [6.45, 7) is 0.398. The van der Waals surface area contributed by atoms with Crippen LogP contribution in [0.15, 0.2) is 84.0 Å². The summed E-state index contributed by atoms with van der Waals surface area (Å²) in [6.07, 6.45) is 1.47. The predicted octanol–water partition coefficient (Wildman–Crippen LogP) is 5.21. The van der Waals surface area contributed by atoms with Crippen LogP contribution < -0.4 is 24.4 Å². The third-order valence-corrected chi connectivity index (χ3v) is 5.46. The Morgan fingerprint density at radius 1 is 0.800 bits per heavy atom. The van der Waals surface area contributed by atoms with Crippen LogP contribution in [-0.4, -0.2) is 33.5 Å². The van der Waals surface area contributed by atoms with Crippen LogP contribution in [0.3, 0.4) is 0 Å². The average molecular weight is 471 g/mol. The van der Waals surface area contributed by atoms with Crippen molar-refractivity contribution in [2.45, 2.75) is 6.61 Å². The van der Waals surface area contributed by atoms with Gasteiger partial charge in [-0.05, 0) is 40.6 Å². The molecule has 0 radical (unpaired) electrons. The molecule has 0 atom stereocenters. The summed E-state index contributed by atoms with van der Waals surface area (Å²) in [5.41, 5.74) is 4.54. The Labute approximate surface area is 203 Å². The lowest BCUT2D eigenvalue weighted by atomic mass is 10.1. The third kappa shape index (κ3) is 5.70. The molecule has 1 amide bonds. The molecule has 0 aliphatic rings. The number of hydrogen-bond donors (Lipinski definition) is 1. The highest BCUT2D eigenvalue weighted by Crippen LogP contribution is 2.32. The molecule has 178 valence electrons. The summed E-state index contributed by atoms with van der Waals surface area (Å²) in [6, 6.07) is 24.8. The van der Waals surface area contributed by atoms with E-state index in [-0.39, 0.29) is 5.91 Å². The zero-order chi connectivity index (χ0) is 24.6. The highest BCUT2D eigenvalue weighted by molar-refractivity contribution is 5.95. The van der Waals surface area contributed by atoms with Crippen molar-refractivity contribution in [2.75, 3.05) is 21.3 Å². The Balaban J connectivity index is 1.37. The van der Waals surface area contributed by atoms with Crippen molar-refractivity contribution < 1.29 is 23.7 Å². The van der Waals surface area contributed by atoms with Crippen LogP contribution in [0.25, 0.3) is 10.8 Å². The zero-order valence-corrected chi connectivity index (χ0v) is 19.8. The first-order valence-corrected chi connectivity index (χ1v) is 10.9. The summed E-state index contributed by atoms with van der Waals surface area (Å²) in [7, 11) is 4.63. The maximum atomic E-state index is 12.5. The van der Waals surface area contributed by atoms with Crippen LogP contribution in [0.1, 0.15) is 21.5 Å². The van der Waals surface area contributed by atoms with Gasteiger partial charge in [-0.2, -0.15) is 5.10 Å². The van der Waals surface area contributed by atoms with Gasteiger partial charge in [0.1, 0.15) is 29.6 Å². The van der Waals surface area contributed by atoms with Gasteiger partial charge in [0.05, 0.1) is 33.1 Å². The topological polar surface area (TPSA) is 78.4 Å². The van der Waals surface area contributed by atoms with Gasteiger partial charge in [0.25, 0.3) is 5.91 Å². The molecule has 4 aromatic carbocycles. The second kappa shape index (κ2) is 11.1. The monoisotopic (exact) mass is 470 g/mol. The number of nitrogens with zero attached hydrogens (tertiary/aromatic N) is 1. The normalized spacial score (nSPS) is 10.8. The molecule has 0 unspecified atom stereocenters. The molecule has 0 spiro atoms. The highest BCUT2D eigenvalue weighted by atomic mass is 16.5. The van der Waals surface area contributed by atoms with Crippen molar-refractivity contribution in [3.8, 4) is 23.0 Å². The number of carbonyl (C=O) groups excluding carboxylic acids is 1. The fraction of sp³-hybridized carbons (Fsp3) is 0.143. The van der Waals surface area contributed by atoms with E-state index in [1.807, 2.05) is 42.5 Å². The first-order chi connectivity index (χ1) is 17.1. The number of carbonyl (C=O) groups is 1. The quantitative estimate of drug-likeness (QED) is 0.268. The lowest BCUT2D eigenvalue weighted by Crippen LogP contribution is -2.17. The molecular weight excluding hydrogens is 444 g/mol. The lowest BCUT2D eigenvalue weighted by Gasteiger charge is -2.12. The van der Waals surface area contributed by atoms with Crippen molar-refractivity contribution in [3.05, 3.63) is 95.6 Å². The second-order valence-corrected chi connectivity index (χ2v) is 7.64. The number of rotatable bonds is 9. The van der Waals surface area contributed by atoms with Crippen molar-refractivity contribution in [1.82, 2.24) is 5.43 Å². The smallest absolute Gasteiger partial charge is 0.271 e. The molecule has 0 saturated heterocycles. The molecule has 0 aliphatic heterocycles. The molecule has 35 heavy (non-hydrogen) atoms. The Morgan fingerprint density at radius 2 is 1.49 bits per heavy atom. The van der Waals surface area contributed by atoms with Gasteiger partial charge in [0, 0.05) is 17.7 Å². The van der Waals surface area contributed by atoms with Crippen LogP contribution in [0.5, 0.6) is 23.0 Å². The van der Waals surface area contributed by atoms with E-state index in [9.17, 15) is 4.79 Å². The van der Waals surface area contributed by atoms with E-state index in [4.69, 9.17) is 18.9 Å². The number of ether oxygens (including phenoxy) is 4. The Bertz CT molecular complexity index is 1320. The van der Waals surface area contributed by atoms with Gasteiger partial charge < -0.3 is 18.9 Å². The molecular formula is C28H26N2O5. The van der Waals surface area contributed by atoms with Gasteiger partial charge in [0.2, 0.25) is 0 Å². The van der Waals surface area contributed by atoms with Gasteiger partial charge in [-0.25, -0.2) is 5.43 Å². The minimum atomic E-state index is -0.338. The molecule has 4 rings (SSSR count). The first-order valence-electron chi connectivity index (χ1n) is 10.9. The van der Waals surface area contributed by atoms with E-state index in [0.717, 1.165) is 16.7 Å². The number of amides is 1. The molecule has 1 N–H and O–H groups in total. The molecule has 7 nitrogen and oxygen atoms in total. The fourth-order valence-electron chi connectivity index (χ4n) is 3.56. The van der Waals surface area contributed by atoms with Crippen LogP contribution in [0, 0.1) is 0 Å². The van der Waals surface area contributed by atoms with Crippen LogP contribution in [-0.2, 0) is 6.61 Å². The summed E-state index contributed by atoms with van der Waals surface area (Å²) < 4.78 is 21.9. The highest BCUT2D eigenvalue weighted by Gasteiger charge is 2.12. The van der Waals surface area contributed by atoms with E-state index >= 15 is 0 Å². The van der Waals surface area contributed by atoms with E-state index < -0.39 is 0 Å². The van der Waals surface area contributed by atoms with Crippen molar-refractivity contribution in [2.24, 2.45) is 5.10 Å². The Kier molecular flexibility index (Phi) is 7.47. The van der Waals surface area contributed by atoms with E-state index in [1.165, 1.54) is 25.8 Å². The molecule has 0 fully saturated rings. The predicted molar refractivity (Wildman–Crippen MR) is 136 cm³/mol. The number of fused-ring (bicyclic) bond motifs is 1. The summed E-state index contributed by atoms with van der Waals surface area (Å²) in [5, 5.41) is 6.36. The van der Waals surface area contributed by atoms with Crippen molar-refractivity contribution >= 4 is 22.9 Å². The van der Waals surface area contributed by atoms with Gasteiger partial charge >= 0.3 is 0 Å². The summed E-state index contributed by atoms with van der Waals surface area (Å²) in [5.74, 6) is 2.06. The number of benzene rings is 4. The summed E-state index contributed by atoms with van der Waals surface area (Å²) >= 11 is 0. The molecule has 0 saturated carbocycles. The van der Waals surface area contributed by atoms with Crippen LogP contribution in [0.2, 0.25) is 0 Å². The van der Waals surface area contributed by atoms with Gasteiger partial charge in [-0.3, -0.25) is 4.79 Å². The first kappa shape index (κ1) is 23.6. The number of hydrogen-bond acceptors (Lipinski definition) is 6. The number of hydrazone groups is 1. The number of methoxy groups -OCH3 is 3. The van der Waals surface area contributed by atoms with Crippen LogP contribution >= 0.6 is 0 Å². The standard InChI is InChI=1S/C28H26N2O5/c1-32-24-15-26(33-2)25(27(16-24)34-3)17-29-30-28(31)21-10-8-19(9-11-21)18-35-23-13-12-20-6-4-5-7-22(20)14-23/h4-17H,18H2,1-3H3,(H,30,31)/b29-17+. The molecule has 4 aromatic rings. The Morgan fingerprint density at radius 3 is 2.14 bits per heavy atom. The minimum Gasteiger partial charge on any atom is -0.496 e. The lowest BCUT2D eigenvalue weighted by molar-refractivity contribution is 0.0955. The van der Waals surface area contributed by atoms with Crippen LogP contribution in [0.4, 0.5) is 0 Å². The maximum Gasteiger partial charge on any atom is 0.271 e. The molecule has 0 aliphatic carbocycles. The van der Waals surface area contributed by atoms with Gasteiger partial charge in [-0.1, -0.05) is 42.5 Å². The number of nitrogens with one attached hydrogen (secondary N) is 1. The molecule has 0 heterocycles.